The minimum absolute atomic E-state index is 0.421. The van der Waals surface area contributed by atoms with Gasteiger partial charge in [-0.05, 0) is 25.0 Å². The Morgan fingerprint density at radius 2 is 2.17 bits per heavy atom. The van der Waals surface area contributed by atoms with Crippen LogP contribution in [0, 0.1) is 0 Å². The molecule has 0 spiro atoms. The summed E-state index contributed by atoms with van der Waals surface area (Å²) in [6.07, 6.45) is 8.07. The zero-order valence-corrected chi connectivity index (χ0v) is 11.0. The van der Waals surface area contributed by atoms with E-state index in [1.54, 1.807) is 6.20 Å². The maximum absolute atomic E-state index is 6.04. The third kappa shape index (κ3) is 3.72. The van der Waals surface area contributed by atoms with Gasteiger partial charge in [-0.1, -0.05) is 25.3 Å². The molecule has 1 aromatic heterocycles. The normalized spacial score (nSPS) is 17.7. The predicted molar refractivity (Wildman–Crippen MR) is 74.2 cm³/mol. The summed E-state index contributed by atoms with van der Waals surface area (Å²) < 4.78 is 0. The number of aliphatic imine (C=N–C) groups is 1. The van der Waals surface area contributed by atoms with Crippen molar-refractivity contribution in [2.75, 3.05) is 7.05 Å². The van der Waals surface area contributed by atoms with Crippen molar-refractivity contribution in [3.63, 3.8) is 0 Å². The molecular weight excluding hydrogens is 224 g/mol. The third-order valence-electron chi connectivity index (χ3n) is 3.41. The molecule has 1 aliphatic rings. The van der Waals surface area contributed by atoms with E-state index in [0.29, 0.717) is 18.5 Å². The maximum Gasteiger partial charge on any atom is 0.191 e. The van der Waals surface area contributed by atoms with E-state index in [2.05, 4.69) is 9.98 Å². The molecule has 98 valence electrons. The Hall–Kier alpha value is -1.58. The highest BCUT2D eigenvalue weighted by Gasteiger charge is 2.13. The summed E-state index contributed by atoms with van der Waals surface area (Å²) in [4.78, 5) is 10.9. The molecule has 0 radical (unpaired) electrons. The Morgan fingerprint density at radius 3 is 2.83 bits per heavy atom. The van der Waals surface area contributed by atoms with Crippen LogP contribution in [0.4, 0.5) is 0 Å². The fourth-order valence-corrected chi connectivity index (χ4v) is 2.31. The second kappa shape index (κ2) is 6.38. The van der Waals surface area contributed by atoms with Crippen molar-refractivity contribution in [1.29, 1.82) is 0 Å². The van der Waals surface area contributed by atoms with Crippen LogP contribution in [-0.2, 0) is 6.54 Å². The molecule has 4 heteroatoms. The fourth-order valence-electron chi connectivity index (χ4n) is 2.31. The molecule has 4 nitrogen and oxygen atoms in total. The molecule has 0 saturated heterocycles. The topological polar surface area (TPSA) is 54.5 Å². The van der Waals surface area contributed by atoms with Gasteiger partial charge in [-0.25, -0.2) is 4.99 Å². The highest BCUT2D eigenvalue weighted by atomic mass is 15.2. The molecule has 18 heavy (non-hydrogen) atoms. The molecule has 0 bridgehead atoms. The van der Waals surface area contributed by atoms with E-state index in [1.807, 2.05) is 30.1 Å². The third-order valence-corrected chi connectivity index (χ3v) is 3.41. The van der Waals surface area contributed by atoms with Gasteiger partial charge in [-0.15, -0.1) is 0 Å². The van der Waals surface area contributed by atoms with E-state index in [4.69, 9.17) is 5.73 Å². The number of nitrogens with zero attached hydrogens (tertiary/aromatic N) is 3. The van der Waals surface area contributed by atoms with E-state index in [9.17, 15) is 0 Å². The first kappa shape index (κ1) is 12.9. The van der Waals surface area contributed by atoms with Gasteiger partial charge in [0.15, 0.2) is 5.96 Å². The molecular formula is C14H22N4. The minimum atomic E-state index is 0.421. The molecule has 0 atom stereocenters. The first-order valence-electron chi connectivity index (χ1n) is 6.70. The van der Waals surface area contributed by atoms with Crippen molar-refractivity contribution in [3.8, 4) is 0 Å². The van der Waals surface area contributed by atoms with E-state index in [-0.39, 0.29) is 0 Å². The number of hydrogen-bond acceptors (Lipinski definition) is 2. The summed E-state index contributed by atoms with van der Waals surface area (Å²) in [5.41, 5.74) is 7.06. The van der Waals surface area contributed by atoms with Gasteiger partial charge < -0.3 is 10.6 Å². The smallest absolute Gasteiger partial charge is 0.191 e. The summed E-state index contributed by atoms with van der Waals surface area (Å²) >= 11 is 0. The van der Waals surface area contributed by atoms with Gasteiger partial charge in [0.25, 0.3) is 0 Å². The number of pyridine rings is 1. The van der Waals surface area contributed by atoms with Crippen LogP contribution in [0.1, 0.15) is 37.8 Å². The van der Waals surface area contributed by atoms with Gasteiger partial charge in [0.1, 0.15) is 0 Å². The molecule has 0 aromatic carbocycles. The van der Waals surface area contributed by atoms with Crippen LogP contribution in [0.2, 0.25) is 0 Å². The lowest BCUT2D eigenvalue weighted by Gasteiger charge is -2.22. The minimum Gasteiger partial charge on any atom is -0.370 e. The lowest BCUT2D eigenvalue weighted by molar-refractivity contribution is 0.427. The van der Waals surface area contributed by atoms with Crippen LogP contribution in [0.15, 0.2) is 29.4 Å². The van der Waals surface area contributed by atoms with Crippen molar-refractivity contribution in [2.45, 2.75) is 44.7 Å². The Kier molecular flexibility index (Phi) is 4.56. The average Bonchev–Trinajstić information content (AvgIpc) is 2.41. The zero-order valence-electron chi connectivity index (χ0n) is 11.0. The van der Waals surface area contributed by atoms with E-state index in [1.165, 1.54) is 32.1 Å². The molecule has 1 fully saturated rings. The Morgan fingerprint density at radius 1 is 1.39 bits per heavy atom. The number of nitrogens with two attached hydrogens (primary N) is 1. The van der Waals surface area contributed by atoms with Crippen LogP contribution in [0.5, 0.6) is 0 Å². The van der Waals surface area contributed by atoms with Crippen molar-refractivity contribution >= 4 is 5.96 Å². The fraction of sp³-hybridized carbons (Fsp3) is 0.571. The second-order valence-corrected chi connectivity index (χ2v) is 4.96. The summed E-state index contributed by atoms with van der Waals surface area (Å²) in [7, 11) is 1.97. The van der Waals surface area contributed by atoms with Crippen molar-refractivity contribution in [2.24, 2.45) is 10.7 Å². The first-order chi connectivity index (χ1) is 8.75. The standard InChI is InChI=1S/C14H22N4/c1-18(11-13-9-5-6-10-16-13)14(15)17-12-7-3-2-4-8-12/h5-6,9-10,12H,2-4,7-8,11H2,1H3,(H2,15,17). The van der Waals surface area contributed by atoms with Crippen LogP contribution < -0.4 is 5.73 Å². The Balaban J connectivity index is 1.91. The SMILES string of the molecule is CN(Cc1ccccn1)C(N)=NC1CCCCC1. The van der Waals surface area contributed by atoms with Gasteiger partial charge in [0.2, 0.25) is 0 Å². The van der Waals surface area contributed by atoms with Gasteiger partial charge in [-0.2, -0.15) is 0 Å². The van der Waals surface area contributed by atoms with Crippen LogP contribution in [-0.4, -0.2) is 28.9 Å². The van der Waals surface area contributed by atoms with Crippen molar-refractivity contribution in [1.82, 2.24) is 9.88 Å². The van der Waals surface area contributed by atoms with Crippen molar-refractivity contribution < 1.29 is 0 Å². The molecule has 0 unspecified atom stereocenters. The molecule has 1 aromatic rings. The first-order valence-corrected chi connectivity index (χ1v) is 6.70. The lowest BCUT2D eigenvalue weighted by Crippen LogP contribution is -2.35. The number of guanidine groups is 1. The predicted octanol–water partition coefficient (Wildman–Crippen LogP) is 2.16. The lowest BCUT2D eigenvalue weighted by atomic mass is 9.96. The highest BCUT2D eigenvalue weighted by Crippen LogP contribution is 2.20. The average molecular weight is 246 g/mol. The van der Waals surface area contributed by atoms with E-state index >= 15 is 0 Å². The Labute approximate surface area is 109 Å². The van der Waals surface area contributed by atoms with Crippen LogP contribution in [0.3, 0.4) is 0 Å². The summed E-state index contributed by atoms with van der Waals surface area (Å²) in [5.74, 6) is 0.632. The second-order valence-electron chi connectivity index (χ2n) is 4.96. The van der Waals surface area contributed by atoms with Gasteiger partial charge >= 0.3 is 0 Å². The van der Waals surface area contributed by atoms with Gasteiger partial charge in [-0.3, -0.25) is 4.98 Å². The Bertz CT molecular complexity index is 382. The summed E-state index contributed by atoms with van der Waals surface area (Å²) in [6.45, 7) is 0.711. The largest absolute Gasteiger partial charge is 0.370 e. The molecule has 1 heterocycles. The van der Waals surface area contributed by atoms with Crippen LogP contribution in [0.25, 0.3) is 0 Å². The number of rotatable bonds is 3. The molecule has 1 saturated carbocycles. The zero-order chi connectivity index (χ0) is 12.8. The van der Waals surface area contributed by atoms with Crippen LogP contribution >= 0.6 is 0 Å². The molecule has 2 N–H and O–H groups in total. The maximum atomic E-state index is 6.04. The molecule has 0 aliphatic heterocycles. The van der Waals surface area contributed by atoms with Gasteiger partial charge in [0.05, 0.1) is 18.3 Å². The van der Waals surface area contributed by atoms with Gasteiger partial charge in [0, 0.05) is 13.2 Å². The summed E-state index contributed by atoms with van der Waals surface area (Å²) in [5, 5.41) is 0. The van der Waals surface area contributed by atoms with E-state index < -0.39 is 0 Å². The monoisotopic (exact) mass is 246 g/mol. The van der Waals surface area contributed by atoms with E-state index in [0.717, 1.165) is 5.69 Å². The number of aromatic nitrogens is 1. The quantitative estimate of drug-likeness (QED) is 0.657. The molecule has 1 aliphatic carbocycles. The highest BCUT2D eigenvalue weighted by molar-refractivity contribution is 5.77. The molecule has 2 rings (SSSR count). The number of hydrogen-bond donors (Lipinski definition) is 1. The summed E-state index contributed by atoms with van der Waals surface area (Å²) in [6, 6.07) is 6.34. The van der Waals surface area contributed by atoms with Crippen molar-refractivity contribution in [3.05, 3.63) is 30.1 Å². The molecule has 0 amide bonds.